The molecule has 0 bridgehead atoms. The number of guanidine groups is 1. The lowest BCUT2D eigenvalue weighted by molar-refractivity contribution is -0.115. The van der Waals surface area contributed by atoms with Crippen LogP contribution in [-0.4, -0.2) is 29.9 Å². The summed E-state index contributed by atoms with van der Waals surface area (Å²) in [6, 6.07) is 11.8. The summed E-state index contributed by atoms with van der Waals surface area (Å²) < 4.78 is 0. The standard InChI is InChI=1S/C18H23N5O/c1-3-20-18(21-11-15-8-6-14(2)7-9-15)22-13-17(24)23-16-5-4-10-19-12-16/h4-10,12H,3,11,13H2,1-2H3,(H,23,24)(H2,20,21,22). The Labute approximate surface area is 142 Å². The number of carbonyl (C=O) groups is 1. The number of nitrogens with one attached hydrogen (secondary N) is 3. The van der Waals surface area contributed by atoms with Gasteiger partial charge in [-0.2, -0.15) is 0 Å². The highest BCUT2D eigenvalue weighted by molar-refractivity contribution is 5.94. The number of hydrogen-bond donors (Lipinski definition) is 3. The van der Waals surface area contributed by atoms with Gasteiger partial charge in [-0.15, -0.1) is 0 Å². The van der Waals surface area contributed by atoms with Gasteiger partial charge in [0.1, 0.15) is 0 Å². The third-order valence-corrected chi connectivity index (χ3v) is 3.25. The van der Waals surface area contributed by atoms with Crippen molar-refractivity contribution in [2.24, 2.45) is 4.99 Å². The lowest BCUT2D eigenvalue weighted by Crippen LogP contribution is -2.41. The van der Waals surface area contributed by atoms with E-state index in [2.05, 4.69) is 57.1 Å². The number of anilines is 1. The molecule has 0 spiro atoms. The van der Waals surface area contributed by atoms with Crippen molar-refractivity contribution in [2.75, 3.05) is 18.4 Å². The molecule has 1 amide bonds. The Morgan fingerprint density at radius 3 is 2.62 bits per heavy atom. The van der Waals surface area contributed by atoms with Crippen LogP contribution in [0.15, 0.2) is 53.8 Å². The topological polar surface area (TPSA) is 78.4 Å². The minimum atomic E-state index is -0.149. The van der Waals surface area contributed by atoms with E-state index in [9.17, 15) is 4.79 Å². The minimum Gasteiger partial charge on any atom is -0.357 e. The van der Waals surface area contributed by atoms with Crippen molar-refractivity contribution in [2.45, 2.75) is 20.4 Å². The lowest BCUT2D eigenvalue weighted by Gasteiger charge is -2.11. The molecule has 0 atom stereocenters. The van der Waals surface area contributed by atoms with E-state index in [0.29, 0.717) is 18.2 Å². The first kappa shape index (κ1) is 17.5. The molecule has 0 saturated heterocycles. The van der Waals surface area contributed by atoms with E-state index >= 15 is 0 Å². The number of aromatic nitrogens is 1. The molecular weight excluding hydrogens is 302 g/mol. The van der Waals surface area contributed by atoms with Gasteiger partial charge in [-0.05, 0) is 31.5 Å². The zero-order chi connectivity index (χ0) is 17.2. The average Bonchev–Trinajstić information content (AvgIpc) is 2.59. The maximum Gasteiger partial charge on any atom is 0.243 e. The van der Waals surface area contributed by atoms with Crippen molar-refractivity contribution in [1.29, 1.82) is 0 Å². The summed E-state index contributed by atoms with van der Waals surface area (Å²) in [7, 11) is 0. The number of hydrogen-bond acceptors (Lipinski definition) is 3. The van der Waals surface area contributed by atoms with Gasteiger partial charge in [-0.25, -0.2) is 4.99 Å². The van der Waals surface area contributed by atoms with Crippen molar-refractivity contribution < 1.29 is 4.79 Å². The quantitative estimate of drug-likeness (QED) is 0.561. The number of aryl methyl sites for hydroxylation is 1. The zero-order valence-electron chi connectivity index (χ0n) is 14.0. The van der Waals surface area contributed by atoms with E-state index in [4.69, 9.17) is 0 Å². The Morgan fingerprint density at radius 1 is 1.17 bits per heavy atom. The maximum absolute atomic E-state index is 11.9. The van der Waals surface area contributed by atoms with Gasteiger partial charge in [-0.3, -0.25) is 9.78 Å². The van der Waals surface area contributed by atoms with E-state index in [0.717, 1.165) is 12.1 Å². The molecule has 0 aliphatic rings. The van der Waals surface area contributed by atoms with Gasteiger partial charge in [0, 0.05) is 12.7 Å². The van der Waals surface area contributed by atoms with Crippen LogP contribution in [0.4, 0.5) is 5.69 Å². The van der Waals surface area contributed by atoms with E-state index in [1.165, 1.54) is 5.56 Å². The van der Waals surface area contributed by atoms with Crippen LogP contribution in [0.1, 0.15) is 18.1 Å². The van der Waals surface area contributed by atoms with E-state index in [1.54, 1.807) is 24.5 Å². The molecule has 0 unspecified atom stereocenters. The Kier molecular flexibility index (Phi) is 6.76. The largest absolute Gasteiger partial charge is 0.357 e. The van der Waals surface area contributed by atoms with Crippen molar-refractivity contribution in [1.82, 2.24) is 15.6 Å². The first-order valence-electron chi connectivity index (χ1n) is 7.95. The van der Waals surface area contributed by atoms with Crippen LogP contribution in [0, 0.1) is 6.92 Å². The van der Waals surface area contributed by atoms with Crippen molar-refractivity contribution in [3.8, 4) is 0 Å². The van der Waals surface area contributed by atoms with Crippen molar-refractivity contribution in [3.05, 3.63) is 59.9 Å². The van der Waals surface area contributed by atoms with Gasteiger partial charge < -0.3 is 16.0 Å². The summed E-state index contributed by atoms with van der Waals surface area (Å²) in [5.41, 5.74) is 3.02. The highest BCUT2D eigenvalue weighted by Crippen LogP contribution is 2.04. The molecule has 3 N–H and O–H groups in total. The molecule has 1 heterocycles. The smallest absolute Gasteiger partial charge is 0.243 e. The summed E-state index contributed by atoms with van der Waals surface area (Å²) in [4.78, 5) is 20.4. The highest BCUT2D eigenvalue weighted by Gasteiger charge is 2.04. The fourth-order valence-electron chi connectivity index (χ4n) is 2.01. The number of nitrogens with zero attached hydrogens (tertiary/aromatic N) is 2. The Balaban J connectivity index is 1.86. The van der Waals surface area contributed by atoms with Crippen molar-refractivity contribution >= 4 is 17.6 Å². The van der Waals surface area contributed by atoms with Crippen LogP contribution >= 0.6 is 0 Å². The second-order valence-electron chi connectivity index (χ2n) is 5.32. The highest BCUT2D eigenvalue weighted by atomic mass is 16.1. The number of benzene rings is 1. The van der Waals surface area contributed by atoms with Gasteiger partial charge in [0.05, 0.1) is 25.0 Å². The summed E-state index contributed by atoms with van der Waals surface area (Å²) in [5.74, 6) is 0.461. The van der Waals surface area contributed by atoms with Crippen LogP contribution < -0.4 is 16.0 Å². The molecule has 0 fully saturated rings. The predicted molar refractivity (Wildman–Crippen MR) is 96.9 cm³/mol. The number of carbonyl (C=O) groups excluding carboxylic acids is 1. The Hall–Kier alpha value is -2.89. The fraction of sp³-hybridized carbons (Fsp3) is 0.278. The second kappa shape index (κ2) is 9.29. The van der Waals surface area contributed by atoms with Crippen LogP contribution in [0.3, 0.4) is 0 Å². The summed E-state index contributed by atoms with van der Waals surface area (Å²) in [6.45, 7) is 5.46. The van der Waals surface area contributed by atoms with E-state index < -0.39 is 0 Å². The van der Waals surface area contributed by atoms with Gasteiger partial charge in [-0.1, -0.05) is 29.8 Å². The molecule has 6 nitrogen and oxygen atoms in total. The third-order valence-electron chi connectivity index (χ3n) is 3.25. The van der Waals surface area contributed by atoms with E-state index in [1.807, 2.05) is 6.92 Å². The van der Waals surface area contributed by atoms with Gasteiger partial charge in [0.15, 0.2) is 5.96 Å². The number of rotatable bonds is 6. The molecule has 0 aliphatic heterocycles. The normalized spacial score (nSPS) is 11.0. The molecule has 24 heavy (non-hydrogen) atoms. The van der Waals surface area contributed by atoms with Crippen LogP contribution in [-0.2, 0) is 11.3 Å². The maximum atomic E-state index is 11.9. The van der Waals surface area contributed by atoms with Gasteiger partial charge >= 0.3 is 0 Å². The number of pyridine rings is 1. The molecular formula is C18H23N5O. The first-order chi connectivity index (χ1) is 11.7. The van der Waals surface area contributed by atoms with Crippen LogP contribution in [0.2, 0.25) is 0 Å². The Morgan fingerprint density at radius 2 is 1.96 bits per heavy atom. The zero-order valence-corrected chi connectivity index (χ0v) is 14.0. The monoisotopic (exact) mass is 325 g/mol. The van der Waals surface area contributed by atoms with Crippen LogP contribution in [0.5, 0.6) is 0 Å². The molecule has 6 heteroatoms. The Bertz CT molecular complexity index is 668. The SMILES string of the molecule is CCNC(=NCc1ccc(C)cc1)NCC(=O)Nc1cccnc1. The molecule has 0 radical (unpaired) electrons. The van der Waals surface area contributed by atoms with E-state index in [-0.39, 0.29) is 12.5 Å². The second-order valence-corrected chi connectivity index (χ2v) is 5.32. The number of aliphatic imine (C=N–C) groups is 1. The molecule has 1 aromatic carbocycles. The fourth-order valence-corrected chi connectivity index (χ4v) is 2.01. The number of amides is 1. The molecule has 1 aromatic heterocycles. The summed E-state index contributed by atoms with van der Waals surface area (Å²) >= 11 is 0. The van der Waals surface area contributed by atoms with Gasteiger partial charge in [0.25, 0.3) is 0 Å². The molecule has 0 aliphatic carbocycles. The first-order valence-corrected chi connectivity index (χ1v) is 7.95. The van der Waals surface area contributed by atoms with Crippen LogP contribution in [0.25, 0.3) is 0 Å². The molecule has 126 valence electrons. The molecule has 2 rings (SSSR count). The molecule has 2 aromatic rings. The third kappa shape index (κ3) is 6.08. The lowest BCUT2D eigenvalue weighted by atomic mass is 10.1. The van der Waals surface area contributed by atoms with Crippen molar-refractivity contribution in [3.63, 3.8) is 0 Å². The predicted octanol–water partition coefficient (Wildman–Crippen LogP) is 2.08. The minimum absolute atomic E-state index is 0.134. The van der Waals surface area contributed by atoms with Gasteiger partial charge in [0.2, 0.25) is 5.91 Å². The summed E-state index contributed by atoms with van der Waals surface area (Å²) in [5, 5.41) is 8.93. The average molecular weight is 325 g/mol. The summed E-state index contributed by atoms with van der Waals surface area (Å²) in [6.07, 6.45) is 3.27. The molecule has 0 saturated carbocycles.